The molecular formula is C17H15BrCl3N3OS. The lowest BCUT2D eigenvalue weighted by Crippen LogP contribution is -2.56. The molecule has 2 rings (SSSR count). The molecule has 2 aromatic carbocycles. The van der Waals surface area contributed by atoms with E-state index in [2.05, 4.69) is 31.9 Å². The van der Waals surface area contributed by atoms with Crippen LogP contribution in [0.4, 0.5) is 5.69 Å². The van der Waals surface area contributed by atoms with E-state index < -0.39 is 9.96 Å². The summed E-state index contributed by atoms with van der Waals surface area (Å²) in [5.41, 5.74) is 2.23. The van der Waals surface area contributed by atoms with Gasteiger partial charge in [-0.1, -0.05) is 74.5 Å². The fourth-order valence-corrected chi connectivity index (χ4v) is 2.95. The summed E-state index contributed by atoms with van der Waals surface area (Å²) in [5.74, 6) is -0.390. The lowest BCUT2D eigenvalue weighted by atomic mass is 10.1. The van der Waals surface area contributed by atoms with Gasteiger partial charge in [-0.3, -0.25) is 4.79 Å². The van der Waals surface area contributed by atoms with Crippen LogP contribution in [0.25, 0.3) is 0 Å². The number of nitrogens with one attached hydrogen (secondary N) is 3. The quantitative estimate of drug-likeness (QED) is 0.311. The minimum atomic E-state index is -1.82. The summed E-state index contributed by atoms with van der Waals surface area (Å²) in [5, 5.41) is 8.62. The van der Waals surface area contributed by atoms with Gasteiger partial charge in [-0.25, -0.2) is 0 Å². The maximum Gasteiger partial charge on any atom is 0.252 e. The highest BCUT2D eigenvalue weighted by molar-refractivity contribution is 9.10. The summed E-state index contributed by atoms with van der Waals surface area (Å²) < 4.78 is -0.931. The van der Waals surface area contributed by atoms with E-state index in [9.17, 15) is 4.79 Å². The SMILES string of the molecule is Cc1ccc(C(=O)N[C@@H](NC(=S)Nc2cccc(Br)c2)C(Cl)(Cl)Cl)cc1. The topological polar surface area (TPSA) is 53.2 Å². The Morgan fingerprint density at radius 3 is 2.35 bits per heavy atom. The molecule has 1 amide bonds. The highest BCUT2D eigenvalue weighted by Crippen LogP contribution is 2.29. The summed E-state index contributed by atoms with van der Waals surface area (Å²) in [7, 11) is 0. The van der Waals surface area contributed by atoms with Gasteiger partial charge in [0.2, 0.25) is 3.79 Å². The number of hydrogen-bond acceptors (Lipinski definition) is 2. The van der Waals surface area contributed by atoms with Gasteiger partial charge in [-0.05, 0) is 49.5 Å². The first-order valence-electron chi connectivity index (χ1n) is 7.42. The fourth-order valence-electron chi connectivity index (χ4n) is 1.98. The zero-order valence-electron chi connectivity index (χ0n) is 13.5. The van der Waals surface area contributed by atoms with Crippen molar-refractivity contribution in [2.45, 2.75) is 16.9 Å². The highest BCUT2D eigenvalue weighted by atomic mass is 79.9. The second-order valence-electron chi connectivity index (χ2n) is 5.42. The molecule has 0 saturated carbocycles. The first kappa shape index (κ1) is 21.3. The van der Waals surface area contributed by atoms with Gasteiger partial charge in [0.05, 0.1) is 0 Å². The van der Waals surface area contributed by atoms with Crippen LogP contribution in [0.1, 0.15) is 15.9 Å². The predicted octanol–water partition coefficient (Wildman–Crippen LogP) is 5.17. The van der Waals surface area contributed by atoms with E-state index in [0.717, 1.165) is 15.7 Å². The van der Waals surface area contributed by atoms with Crippen LogP contribution in [0.15, 0.2) is 53.0 Å². The lowest BCUT2D eigenvalue weighted by molar-refractivity contribution is 0.0934. The number of carbonyl (C=O) groups excluding carboxylic acids is 1. The molecule has 9 heteroatoms. The standard InChI is InChI=1S/C17H15BrCl3N3OS/c1-10-5-7-11(8-6-10)14(25)23-15(17(19,20)21)24-16(26)22-13-4-2-3-12(18)9-13/h2-9,15H,1H3,(H,23,25)(H2,22,24,26)/t15-/m0/s1. The summed E-state index contributed by atoms with van der Waals surface area (Å²) in [6, 6.07) is 14.4. The van der Waals surface area contributed by atoms with Gasteiger partial charge < -0.3 is 16.0 Å². The number of amides is 1. The minimum absolute atomic E-state index is 0.198. The average Bonchev–Trinajstić information content (AvgIpc) is 2.53. The van der Waals surface area contributed by atoms with Crippen LogP contribution in [0.3, 0.4) is 0 Å². The molecule has 0 radical (unpaired) electrons. The maximum absolute atomic E-state index is 12.4. The van der Waals surface area contributed by atoms with Crippen LogP contribution in [0.2, 0.25) is 0 Å². The Morgan fingerprint density at radius 1 is 1.12 bits per heavy atom. The molecule has 0 spiro atoms. The Hall–Kier alpha value is -1.05. The number of hydrogen-bond donors (Lipinski definition) is 3. The molecule has 0 heterocycles. The van der Waals surface area contributed by atoms with E-state index >= 15 is 0 Å². The van der Waals surface area contributed by atoms with Crippen molar-refractivity contribution in [2.75, 3.05) is 5.32 Å². The molecule has 0 fully saturated rings. The molecule has 0 aliphatic heterocycles. The van der Waals surface area contributed by atoms with Crippen LogP contribution < -0.4 is 16.0 Å². The predicted molar refractivity (Wildman–Crippen MR) is 116 cm³/mol. The normalized spacial score (nSPS) is 12.2. The second kappa shape index (κ2) is 9.24. The molecule has 1 atom stereocenters. The number of halogens is 4. The first-order valence-corrected chi connectivity index (χ1v) is 9.76. The van der Waals surface area contributed by atoms with Gasteiger partial charge in [-0.15, -0.1) is 0 Å². The van der Waals surface area contributed by atoms with Gasteiger partial charge in [0.1, 0.15) is 6.17 Å². The van der Waals surface area contributed by atoms with E-state index in [-0.39, 0.29) is 11.0 Å². The van der Waals surface area contributed by atoms with Crippen LogP contribution in [0, 0.1) is 6.92 Å². The Bertz CT molecular complexity index is 797. The lowest BCUT2D eigenvalue weighted by Gasteiger charge is -2.27. The van der Waals surface area contributed by atoms with Gasteiger partial charge >= 0.3 is 0 Å². The highest BCUT2D eigenvalue weighted by Gasteiger charge is 2.34. The van der Waals surface area contributed by atoms with Crippen molar-refractivity contribution in [3.05, 3.63) is 64.1 Å². The summed E-state index contributed by atoms with van der Waals surface area (Å²) in [4.78, 5) is 12.4. The van der Waals surface area contributed by atoms with Gasteiger partial charge in [0.15, 0.2) is 5.11 Å². The van der Waals surface area contributed by atoms with Crippen molar-refractivity contribution in [1.29, 1.82) is 0 Å². The molecule has 2 aromatic rings. The molecule has 26 heavy (non-hydrogen) atoms. The van der Waals surface area contributed by atoms with E-state index in [1.165, 1.54) is 0 Å². The molecule has 0 aromatic heterocycles. The van der Waals surface area contributed by atoms with Gasteiger partial charge in [0.25, 0.3) is 5.91 Å². The fraction of sp³-hybridized carbons (Fsp3) is 0.176. The van der Waals surface area contributed by atoms with Gasteiger partial charge in [0, 0.05) is 15.7 Å². The van der Waals surface area contributed by atoms with E-state index in [1.807, 2.05) is 43.3 Å². The Balaban J connectivity index is 2.06. The van der Waals surface area contributed by atoms with E-state index in [0.29, 0.717) is 5.56 Å². The van der Waals surface area contributed by atoms with Crippen molar-refractivity contribution >= 4 is 79.7 Å². The van der Waals surface area contributed by atoms with Crippen LogP contribution in [0.5, 0.6) is 0 Å². The van der Waals surface area contributed by atoms with Crippen LogP contribution >= 0.6 is 63.0 Å². The third-order valence-electron chi connectivity index (χ3n) is 3.27. The molecule has 0 bridgehead atoms. The summed E-state index contributed by atoms with van der Waals surface area (Å²) in [6.45, 7) is 1.93. The smallest absolute Gasteiger partial charge is 0.252 e. The molecule has 0 aliphatic rings. The van der Waals surface area contributed by atoms with Crippen molar-refractivity contribution in [3.8, 4) is 0 Å². The first-order chi connectivity index (χ1) is 12.1. The summed E-state index contributed by atoms with van der Waals surface area (Å²) in [6.07, 6.45) is -1.03. The van der Waals surface area contributed by atoms with Gasteiger partial charge in [-0.2, -0.15) is 0 Å². The van der Waals surface area contributed by atoms with Crippen LogP contribution in [-0.2, 0) is 0 Å². The number of aryl methyl sites for hydroxylation is 1. The molecule has 0 saturated heterocycles. The van der Waals surface area contributed by atoms with Crippen molar-refractivity contribution in [2.24, 2.45) is 0 Å². The Kier molecular flexibility index (Phi) is 7.55. The molecule has 0 aliphatic carbocycles. The second-order valence-corrected chi connectivity index (χ2v) is 9.12. The number of carbonyl (C=O) groups is 1. The zero-order valence-corrected chi connectivity index (χ0v) is 18.2. The average molecular weight is 496 g/mol. The van der Waals surface area contributed by atoms with Crippen molar-refractivity contribution in [3.63, 3.8) is 0 Å². The van der Waals surface area contributed by atoms with Crippen molar-refractivity contribution < 1.29 is 4.79 Å². The number of thiocarbonyl (C=S) groups is 1. The molecule has 0 unspecified atom stereocenters. The van der Waals surface area contributed by atoms with Crippen LogP contribution in [-0.4, -0.2) is 21.0 Å². The third-order valence-corrected chi connectivity index (χ3v) is 4.64. The largest absolute Gasteiger partial charge is 0.339 e. The number of anilines is 1. The number of benzene rings is 2. The molecule has 3 N–H and O–H groups in total. The third kappa shape index (κ3) is 6.59. The molecule has 138 valence electrons. The molecular weight excluding hydrogens is 481 g/mol. The molecule has 4 nitrogen and oxygen atoms in total. The van der Waals surface area contributed by atoms with E-state index in [4.69, 9.17) is 47.0 Å². The number of rotatable bonds is 4. The number of alkyl halides is 3. The maximum atomic E-state index is 12.4. The summed E-state index contributed by atoms with van der Waals surface area (Å²) >= 11 is 26.6. The monoisotopic (exact) mass is 493 g/mol. The van der Waals surface area contributed by atoms with E-state index in [1.54, 1.807) is 12.1 Å². The Labute approximate surface area is 180 Å². The Morgan fingerprint density at radius 2 is 1.77 bits per heavy atom. The zero-order chi connectivity index (χ0) is 19.3. The minimum Gasteiger partial charge on any atom is -0.339 e. The van der Waals surface area contributed by atoms with Crippen molar-refractivity contribution in [1.82, 2.24) is 10.6 Å².